The van der Waals surface area contributed by atoms with Crippen LogP contribution in [0, 0.1) is 34.9 Å². The van der Waals surface area contributed by atoms with Gasteiger partial charge in [0.1, 0.15) is 11.6 Å². The molecule has 40 heavy (non-hydrogen) atoms. The molecule has 4 aliphatic rings. The molecular formula is C31H24ClFN2O5. The smallest absolute Gasteiger partial charge is 0.241 e. The van der Waals surface area contributed by atoms with Crippen LogP contribution in [-0.2, 0) is 19.2 Å². The summed E-state index contributed by atoms with van der Waals surface area (Å²) in [5.41, 5.74) is 0.0785. The van der Waals surface area contributed by atoms with Crippen molar-refractivity contribution in [1.82, 2.24) is 5.32 Å². The number of nitrogens with zero attached hydrogens (tertiary/aromatic N) is 1. The number of benzene rings is 3. The van der Waals surface area contributed by atoms with Gasteiger partial charge in [0.25, 0.3) is 0 Å². The summed E-state index contributed by atoms with van der Waals surface area (Å²) in [6.45, 7) is 1.73. The number of halogens is 2. The van der Waals surface area contributed by atoms with Crippen molar-refractivity contribution >= 4 is 51.7 Å². The number of phenolic OH excluding ortho intramolecular Hbond substituents is 1. The van der Waals surface area contributed by atoms with Gasteiger partial charge in [-0.3, -0.25) is 24.5 Å². The van der Waals surface area contributed by atoms with Crippen LogP contribution >= 0.6 is 11.6 Å². The number of nitrogens with one attached hydrogen (secondary N) is 1. The van der Waals surface area contributed by atoms with Crippen molar-refractivity contribution in [3.63, 3.8) is 0 Å². The Labute approximate surface area is 233 Å². The fourth-order valence-corrected chi connectivity index (χ4v) is 7.82. The fraction of sp³-hybridized carbons (Fsp3) is 0.290. The number of carbonyl (C=O) groups excluding carboxylic acids is 4. The second kappa shape index (κ2) is 8.48. The van der Waals surface area contributed by atoms with E-state index in [0.29, 0.717) is 17.4 Å². The van der Waals surface area contributed by atoms with E-state index in [-0.39, 0.29) is 34.7 Å². The van der Waals surface area contributed by atoms with E-state index in [2.05, 4.69) is 5.32 Å². The highest BCUT2D eigenvalue weighted by molar-refractivity contribution is 6.31. The number of anilines is 1. The number of amides is 4. The van der Waals surface area contributed by atoms with Crippen LogP contribution < -0.4 is 10.2 Å². The van der Waals surface area contributed by atoms with Crippen LogP contribution in [0.2, 0.25) is 5.02 Å². The van der Waals surface area contributed by atoms with Crippen LogP contribution in [0.15, 0.2) is 66.2 Å². The monoisotopic (exact) mass is 558 g/mol. The molecule has 9 heteroatoms. The van der Waals surface area contributed by atoms with Gasteiger partial charge in [0.15, 0.2) is 0 Å². The number of hydrogen-bond acceptors (Lipinski definition) is 5. The lowest BCUT2D eigenvalue weighted by Gasteiger charge is -2.49. The van der Waals surface area contributed by atoms with Gasteiger partial charge in [-0.2, -0.15) is 0 Å². The predicted octanol–water partition coefficient (Wildman–Crippen LogP) is 4.86. The molecule has 0 aromatic heterocycles. The number of phenols is 1. The number of allylic oxidation sites excluding steroid dienone is 2. The third-order valence-electron chi connectivity index (χ3n) is 9.52. The zero-order chi connectivity index (χ0) is 28.1. The van der Waals surface area contributed by atoms with Crippen LogP contribution in [0.5, 0.6) is 5.75 Å². The molecule has 2 N–H and O–H groups in total. The highest BCUT2D eigenvalue weighted by atomic mass is 35.5. The Morgan fingerprint density at radius 2 is 1.80 bits per heavy atom. The minimum Gasteiger partial charge on any atom is -0.507 e. The van der Waals surface area contributed by atoms with Crippen molar-refractivity contribution in [2.75, 3.05) is 4.90 Å². The van der Waals surface area contributed by atoms with E-state index in [1.54, 1.807) is 19.1 Å². The molecule has 7 rings (SSSR count). The number of rotatable bonds is 2. The summed E-state index contributed by atoms with van der Waals surface area (Å²) in [5, 5.41) is 15.2. The van der Waals surface area contributed by atoms with Gasteiger partial charge in [-0.25, -0.2) is 9.29 Å². The molecule has 7 nitrogen and oxygen atoms in total. The first-order valence-electron chi connectivity index (χ1n) is 13.2. The molecular weight excluding hydrogens is 535 g/mol. The fourth-order valence-electron chi connectivity index (χ4n) is 7.65. The van der Waals surface area contributed by atoms with Crippen molar-refractivity contribution in [2.45, 2.75) is 25.7 Å². The second-order valence-corrected chi connectivity index (χ2v) is 11.7. The lowest BCUT2D eigenvalue weighted by molar-refractivity contribution is -0.131. The maximum absolute atomic E-state index is 14.4. The molecule has 3 aromatic carbocycles. The molecule has 2 saturated heterocycles. The number of aromatic hydroxyl groups is 1. The summed E-state index contributed by atoms with van der Waals surface area (Å²) in [5.74, 6) is -5.65. The standard InChI is InChI=1S/C31H24ClFN2O5/c1-31-21(29(39)35(30(31)40)15-7-11-23(33)22(32)12-15)13-20-17(9-10-18-24(20)28(38)34-27(18)37)25(31)19-8-6-14-4-2-3-5-16(14)26(19)36/h2-9,11-12,18,20-21,24-25,36H,10,13H2,1H3,(H,34,37,38)/t18-,20+,21-,24-,25+,31+/m0/s1. The zero-order valence-corrected chi connectivity index (χ0v) is 22.1. The summed E-state index contributed by atoms with van der Waals surface area (Å²) in [6, 6.07) is 14.7. The summed E-state index contributed by atoms with van der Waals surface area (Å²) >= 11 is 6.02. The van der Waals surface area contributed by atoms with E-state index in [4.69, 9.17) is 11.6 Å². The Kier molecular flexibility index (Phi) is 5.29. The molecule has 6 atom stereocenters. The molecule has 202 valence electrons. The maximum atomic E-state index is 14.4. The van der Waals surface area contributed by atoms with Crippen LogP contribution in [0.3, 0.4) is 0 Å². The van der Waals surface area contributed by atoms with Crippen LogP contribution in [0.25, 0.3) is 10.8 Å². The van der Waals surface area contributed by atoms with E-state index >= 15 is 0 Å². The molecule has 2 heterocycles. The summed E-state index contributed by atoms with van der Waals surface area (Å²) in [6.07, 6.45) is 2.42. The van der Waals surface area contributed by atoms with Gasteiger partial charge in [0.2, 0.25) is 23.6 Å². The minimum atomic E-state index is -1.33. The highest BCUT2D eigenvalue weighted by Gasteiger charge is 2.67. The summed E-state index contributed by atoms with van der Waals surface area (Å²) < 4.78 is 14.0. The van der Waals surface area contributed by atoms with Gasteiger partial charge in [0.05, 0.1) is 33.9 Å². The van der Waals surface area contributed by atoms with Crippen LogP contribution in [-0.4, -0.2) is 28.7 Å². The number of hydrogen-bond donors (Lipinski definition) is 2. The second-order valence-electron chi connectivity index (χ2n) is 11.3. The van der Waals surface area contributed by atoms with Gasteiger partial charge in [0, 0.05) is 16.9 Å². The van der Waals surface area contributed by atoms with Crippen molar-refractivity contribution in [1.29, 1.82) is 0 Å². The Bertz CT molecular complexity index is 1720. The summed E-state index contributed by atoms with van der Waals surface area (Å²) in [7, 11) is 0. The Hall–Kier alpha value is -4.04. The van der Waals surface area contributed by atoms with E-state index in [1.165, 1.54) is 12.1 Å². The zero-order valence-electron chi connectivity index (χ0n) is 21.4. The first-order valence-corrected chi connectivity index (χ1v) is 13.6. The molecule has 3 fully saturated rings. The molecule has 2 aliphatic heterocycles. The van der Waals surface area contributed by atoms with Gasteiger partial charge in [-0.1, -0.05) is 59.6 Å². The van der Waals surface area contributed by atoms with Crippen LogP contribution in [0.4, 0.5) is 10.1 Å². The Balaban J connectivity index is 1.45. The Morgan fingerprint density at radius 3 is 2.58 bits per heavy atom. The number of fused-ring (bicyclic) bond motifs is 5. The lowest BCUT2D eigenvalue weighted by Crippen LogP contribution is -2.48. The number of imide groups is 2. The molecule has 2 aliphatic carbocycles. The van der Waals surface area contributed by atoms with E-state index in [0.717, 1.165) is 21.9 Å². The summed E-state index contributed by atoms with van der Waals surface area (Å²) in [4.78, 5) is 55.1. The normalized spacial score (nSPS) is 31.1. The Morgan fingerprint density at radius 1 is 1.02 bits per heavy atom. The van der Waals surface area contributed by atoms with Gasteiger partial charge < -0.3 is 5.11 Å². The van der Waals surface area contributed by atoms with E-state index < -0.39 is 52.6 Å². The van der Waals surface area contributed by atoms with E-state index in [9.17, 15) is 28.7 Å². The SMILES string of the molecule is C[C@@]12C(=O)N(c3ccc(F)c(Cl)c3)C(=O)[C@@H]1C[C@@H]1C(=CC[C@@H]3C(=O)NC(=O)[C@@H]31)[C@@H]2c1ccc2ccccc2c1O. The van der Waals surface area contributed by atoms with Gasteiger partial charge in [-0.15, -0.1) is 0 Å². The van der Waals surface area contributed by atoms with Gasteiger partial charge in [-0.05, 0) is 49.3 Å². The average molecular weight is 559 g/mol. The van der Waals surface area contributed by atoms with Crippen molar-refractivity contribution in [3.05, 3.63) is 82.6 Å². The molecule has 1 saturated carbocycles. The average Bonchev–Trinajstić information content (AvgIpc) is 3.33. The van der Waals surface area contributed by atoms with Crippen LogP contribution in [0.1, 0.15) is 31.2 Å². The largest absolute Gasteiger partial charge is 0.507 e. The van der Waals surface area contributed by atoms with Crippen molar-refractivity contribution in [3.8, 4) is 5.75 Å². The quantitative estimate of drug-likeness (QED) is 0.345. The first-order chi connectivity index (χ1) is 19.1. The minimum absolute atomic E-state index is 0.00206. The third-order valence-corrected chi connectivity index (χ3v) is 9.81. The molecule has 3 aromatic rings. The predicted molar refractivity (Wildman–Crippen MR) is 145 cm³/mol. The third kappa shape index (κ3) is 3.17. The maximum Gasteiger partial charge on any atom is 0.241 e. The van der Waals surface area contributed by atoms with Crippen molar-refractivity contribution < 1.29 is 28.7 Å². The number of carbonyl (C=O) groups is 4. The molecule has 0 unspecified atom stereocenters. The van der Waals surface area contributed by atoms with Gasteiger partial charge >= 0.3 is 0 Å². The topological polar surface area (TPSA) is 104 Å². The van der Waals surface area contributed by atoms with E-state index in [1.807, 2.05) is 30.3 Å². The molecule has 0 bridgehead atoms. The lowest BCUT2D eigenvalue weighted by atomic mass is 9.51. The molecule has 0 spiro atoms. The molecule has 4 amide bonds. The highest BCUT2D eigenvalue weighted by Crippen LogP contribution is 2.64. The first kappa shape index (κ1) is 25.0. The molecule has 0 radical (unpaired) electrons. The van der Waals surface area contributed by atoms with Crippen molar-refractivity contribution in [2.24, 2.45) is 29.1 Å².